The SMILES string of the molecule is CCNC(=NCCOc1cccc(OC)c1)NC1CCN(CC(F)(F)F)C1. The molecule has 2 rings (SSSR count). The van der Waals surface area contributed by atoms with E-state index in [-0.39, 0.29) is 6.04 Å². The Morgan fingerprint density at radius 2 is 2.11 bits per heavy atom. The van der Waals surface area contributed by atoms with Gasteiger partial charge in [-0.25, -0.2) is 4.99 Å². The van der Waals surface area contributed by atoms with Crippen molar-refractivity contribution < 1.29 is 22.6 Å². The molecule has 0 spiro atoms. The predicted molar refractivity (Wildman–Crippen MR) is 98.5 cm³/mol. The second-order valence-corrected chi connectivity index (χ2v) is 6.27. The van der Waals surface area contributed by atoms with E-state index in [1.54, 1.807) is 13.2 Å². The number of hydrogen-bond donors (Lipinski definition) is 2. The number of ether oxygens (including phenoxy) is 2. The highest BCUT2D eigenvalue weighted by Crippen LogP contribution is 2.20. The van der Waals surface area contributed by atoms with E-state index >= 15 is 0 Å². The Morgan fingerprint density at radius 1 is 1.33 bits per heavy atom. The van der Waals surface area contributed by atoms with E-state index in [0.717, 1.165) is 5.75 Å². The van der Waals surface area contributed by atoms with Crippen LogP contribution in [0.3, 0.4) is 0 Å². The van der Waals surface area contributed by atoms with Crippen molar-refractivity contribution in [3.05, 3.63) is 24.3 Å². The first kappa shape index (κ1) is 21.1. The molecule has 9 heteroatoms. The fourth-order valence-corrected chi connectivity index (χ4v) is 2.87. The van der Waals surface area contributed by atoms with E-state index in [1.165, 1.54) is 4.90 Å². The van der Waals surface area contributed by atoms with Crippen LogP contribution in [0.4, 0.5) is 13.2 Å². The Kier molecular flexibility index (Phi) is 8.02. The normalized spacial score (nSPS) is 18.4. The largest absolute Gasteiger partial charge is 0.497 e. The van der Waals surface area contributed by atoms with Crippen LogP contribution in [0.1, 0.15) is 13.3 Å². The number of alkyl halides is 3. The zero-order chi connectivity index (χ0) is 19.7. The summed E-state index contributed by atoms with van der Waals surface area (Å²) in [4.78, 5) is 5.84. The molecule has 0 aromatic heterocycles. The van der Waals surface area contributed by atoms with Gasteiger partial charge in [0.25, 0.3) is 0 Å². The molecule has 0 aliphatic carbocycles. The molecule has 6 nitrogen and oxygen atoms in total. The highest BCUT2D eigenvalue weighted by molar-refractivity contribution is 5.80. The van der Waals surface area contributed by atoms with Crippen LogP contribution in [0.25, 0.3) is 0 Å². The molecule has 1 aliphatic heterocycles. The van der Waals surface area contributed by atoms with Crippen LogP contribution in [0, 0.1) is 0 Å². The van der Waals surface area contributed by atoms with Crippen molar-refractivity contribution in [3.8, 4) is 11.5 Å². The third-order valence-electron chi connectivity index (χ3n) is 4.03. The van der Waals surface area contributed by atoms with Crippen LogP contribution in [0.15, 0.2) is 29.3 Å². The summed E-state index contributed by atoms with van der Waals surface area (Å²) >= 11 is 0. The molecule has 0 saturated carbocycles. The lowest BCUT2D eigenvalue weighted by atomic mass is 10.3. The van der Waals surface area contributed by atoms with Crippen molar-refractivity contribution in [2.45, 2.75) is 25.6 Å². The number of benzene rings is 1. The van der Waals surface area contributed by atoms with Crippen LogP contribution in [0.5, 0.6) is 11.5 Å². The van der Waals surface area contributed by atoms with Gasteiger partial charge >= 0.3 is 6.18 Å². The molecule has 0 bridgehead atoms. The lowest BCUT2D eigenvalue weighted by Gasteiger charge is -2.19. The lowest BCUT2D eigenvalue weighted by Crippen LogP contribution is -2.45. The summed E-state index contributed by atoms with van der Waals surface area (Å²) in [5, 5.41) is 6.32. The second kappa shape index (κ2) is 10.2. The Labute approximate surface area is 157 Å². The van der Waals surface area contributed by atoms with Crippen LogP contribution < -0.4 is 20.1 Å². The first-order valence-electron chi connectivity index (χ1n) is 9.00. The van der Waals surface area contributed by atoms with Gasteiger partial charge in [0, 0.05) is 31.7 Å². The number of nitrogens with zero attached hydrogens (tertiary/aromatic N) is 2. The molecule has 27 heavy (non-hydrogen) atoms. The second-order valence-electron chi connectivity index (χ2n) is 6.27. The predicted octanol–water partition coefficient (Wildman–Crippen LogP) is 2.27. The monoisotopic (exact) mass is 388 g/mol. The highest BCUT2D eigenvalue weighted by Gasteiger charge is 2.34. The number of hydrogen-bond acceptors (Lipinski definition) is 4. The number of rotatable bonds is 8. The van der Waals surface area contributed by atoms with Crippen molar-refractivity contribution in [2.75, 3.05) is 46.4 Å². The maximum Gasteiger partial charge on any atom is 0.401 e. The van der Waals surface area contributed by atoms with Gasteiger partial charge in [0.15, 0.2) is 5.96 Å². The van der Waals surface area contributed by atoms with Gasteiger partial charge in [0.05, 0.1) is 20.2 Å². The molecule has 1 heterocycles. The average molecular weight is 388 g/mol. The molecular weight excluding hydrogens is 361 g/mol. The minimum atomic E-state index is -4.16. The van der Waals surface area contributed by atoms with Crippen molar-refractivity contribution in [1.29, 1.82) is 0 Å². The average Bonchev–Trinajstić information content (AvgIpc) is 3.04. The van der Waals surface area contributed by atoms with Crippen molar-refractivity contribution in [3.63, 3.8) is 0 Å². The van der Waals surface area contributed by atoms with Crippen LogP contribution in [-0.2, 0) is 0 Å². The third-order valence-corrected chi connectivity index (χ3v) is 4.03. The van der Waals surface area contributed by atoms with Crippen molar-refractivity contribution >= 4 is 5.96 Å². The molecule has 152 valence electrons. The van der Waals surface area contributed by atoms with E-state index in [0.29, 0.717) is 50.9 Å². The van der Waals surface area contributed by atoms with Gasteiger partial charge in [-0.05, 0) is 25.5 Å². The van der Waals surface area contributed by atoms with E-state index < -0.39 is 12.7 Å². The van der Waals surface area contributed by atoms with Gasteiger partial charge < -0.3 is 20.1 Å². The molecule has 1 aliphatic rings. The molecule has 2 N–H and O–H groups in total. The quantitative estimate of drug-likeness (QED) is 0.407. The Morgan fingerprint density at radius 3 is 2.81 bits per heavy atom. The van der Waals surface area contributed by atoms with E-state index in [9.17, 15) is 13.2 Å². The topological polar surface area (TPSA) is 58.1 Å². The summed E-state index contributed by atoms with van der Waals surface area (Å²) in [6.07, 6.45) is -3.51. The molecule has 1 aromatic rings. The number of likely N-dealkylation sites (tertiary alicyclic amines) is 1. The third kappa shape index (κ3) is 7.94. The summed E-state index contributed by atoms with van der Waals surface area (Å²) in [7, 11) is 1.59. The van der Waals surface area contributed by atoms with Gasteiger partial charge in [-0.15, -0.1) is 0 Å². The smallest absolute Gasteiger partial charge is 0.401 e. The minimum Gasteiger partial charge on any atom is -0.497 e. The lowest BCUT2D eigenvalue weighted by molar-refractivity contribution is -0.143. The summed E-state index contributed by atoms with van der Waals surface area (Å²) in [6.45, 7) is 3.32. The fourth-order valence-electron chi connectivity index (χ4n) is 2.87. The van der Waals surface area contributed by atoms with Crippen molar-refractivity contribution in [2.24, 2.45) is 4.99 Å². The molecule has 1 aromatic carbocycles. The Hall–Kier alpha value is -2.16. The molecular formula is C18H27F3N4O2. The summed E-state index contributed by atoms with van der Waals surface area (Å²) in [6, 6.07) is 7.26. The first-order valence-corrected chi connectivity index (χ1v) is 9.00. The molecule has 1 atom stereocenters. The van der Waals surface area contributed by atoms with Gasteiger partial charge in [-0.2, -0.15) is 13.2 Å². The van der Waals surface area contributed by atoms with Crippen LogP contribution >= 0.6 is 0 Å². The number of halogens is 3. The minimum absolute atomic E-state index is 0.0514. The highest BCUT2D eigenvalue weighted by atomic mass is 19.4. The summed E-state index contributed by atoms with van der Waals surface area (Å²) < 4.78 is 48.3. The number of aliphatic imine (C=N–C) groups is 1. The number of nitrogens with one attached hydrogen (secondary N) is 2. The number of methoxy groups -OCH3 is 1. The van der Waals surface area contributed by atoms with Crippen LogP contribution in [0.2, 0.25) is 0 Å². The van der Waals surface area contributed by atoms with Crippen molar-refractivity contribution in [1.82, 2.24) is 15.5 Å². The Balaban J connectivity index is 1.78. The van der Waals surface area contributed by atoms with Gasteiger partial charge in [0.1, 0.15) is 18.1 Å². The summed E-state index contributed by atoms with van der Waals surface area (Å²) in [5.41, 5.74) is 0. The molecule has 1 saturated heterocycles. The maximum absolute atomic E-state index is 12.5. The molecule has 0 amide bonds. The van der Waals surface area contributed by atoms with E-state index in [1.807, 2.05) is 25.1 Å². The zero-order valence-corrected chi connectivity index (χ0v) is 15.7. The molecule has 1 fully saturated rings. The van der Waals surface area contributed by atoms with Gasteiger partial charge in [0.2, 0.25) is 0 Å². The first-order chi connectivity index (χ1) is 12.9. The van der Waals surface area contributed by atoms with Gasteiger partial charge in [-0.1, -0.05) is 6.07 Å². The van der Waals surface area contributed by atoms with E-state index in [4.69, 9.17) is 9.47 Å². The molecule has 1 unspecified atom stereocenters. The zero-order valence-electron chi connectivity index (χ0n) is 15.7. The fraction of sp³-hybridized carbons (Fsp3) is 0.611. The van der Waals surface area contributed by atoms with Gasteiger partial charge in [-0.3, -0.25) is 4.90 Å². The molecule has 0 radical (unpaired) electrons. The Bertz CT molecular complexity index is 611. The van der Waals surface area contributed by atoms with Crippen LogP contribution in [-0.4, -0.2) is 69.5 Å². The maximum atomic E-state index is 12.5. The number of guanidine groups is 1. The summed E-state index contributed by atoms with van der Waals surface area (Å²) in [5.74, 6) is 2.00. The standard InChI is InChI=1S/C18H27F3N4O2/c1-3-22-17(24-14-7-9-25(12-14)13-18(19,20)21)23-8-10-27-16-6-4-5-15(11-16)26-2/h4-6,11,14H,3,7-10,12-13H2,1-2H3,(H2,22,23,24). The van der Waals surface area contributed by atoms with E-state index in [2.05, 4.69) is 15.6 Å².